The van der Waals surface area contributed by atoms with Crippen LogP contribution < -0.4 is 4.74 Å². The summed E-state index contributed by atoms with van der Waals surface area (Å²) in [5, 5.41) is -0.375. The second-order valence-electron chi connectivity index (χ2n) is 2.88. The number of ether oxygens (including phenoxy) is 2. The van der Waals surface area contributed by atoms with E-state index in [-0.39, 0.29) is 5.15 Å². The van der Waals surface area contributed by atoms with E-state index < -0.39 is 30.2 Å². The van der Waals surface area contributed by atoms with Crippen LogP contribution in [-0.2, 0) is 15.7 Å². The molecule has 0 atom stereocenters. The molecule has 0 N–H and O–H groups in total. The van der Waals surface area contributed by atoms with Gasteiger partial charge in [-0.1, -0.05) is 11.6 Å². The Morgan fingerprint density at radius 3 is 2.65 bits per heavy atom. The third-order valence-electron chi connectivity index (χ3n) is 1.66. The Labute approximate surface area is 99.3 Å². The van der Waals surface area contributed by atoms with Crippen molar-refractivity contribution in [3.63, 3.8) is 0 Å². The second-order valence-corrected chi connectivity index (χ2v) is 3.27. The zero-order valence-electron chi connectivity index (χ0n) is 8.55. The van der Waals surface area contributed by atoms with Gasteiger partial charge >= 0.3 is 12.1 Å². The molecule has 8 heteroatoms. The van der Waals surface area contributed by atoms with Gasteiger partial charge in [0, 0.05) is 6.07 Å². The van der Waals surface area contributed by atoms with Gasteiger partial charge in [0.05, 0.1) is 12.7 Å². The van der Waals surface area contributed by atoms with Gasteiger partial charge < -0.3 is 9.47 Å². The molecule has 0 amide bonds. The molecular weight excluding hydrogens is 263 g/mol. The molecule has 0 unspecified atom stereocenters. The fraction of sp³-hybridized carbons (Fsp3) is 0.333. The van der Waals surface area contributed by atoms with Crippen molar-refractivity contribution in [2.75, 3.05) is 13.7 Å². The third kappa shape index (κ3) is 4.10. The van der Waals surface area contributed by atoms with Crippen molar-refractivity contribution < 1.29 is 27.4 Å². The Bertz CT molecular complexity index is 422. The zero-order valence-corrected chi connectivity index (χ0v) is 9.30. The highest BCUT2D eigenvalue weighted by atomic mass is 35.5. The van der Waals surface area contributed by atoms with Crippen LogP contribution in [0, 0.1) is 0 Å². The molecule has 0 aliphatic heterocycles. The monoisotopic (exact) mass is 269 g/mol. The van der Waals surface area contributed by atoms with Gasteiger partial charge in [0.25, 0.3) is 0 Å². The SMILES string of the molecule is COC(=O)COc1cc(C(F)(F)F)cc(Cl)n1. The molecule has 94 valence electrons. The average molecular weight is 270 g/mol. The topological polar surface area (TPSA) is 48.4 Å². The molecule has 0 aliphatic carbocycles. The van der Waals surface area contributed by atoms with E-state index in [1.54, 1.807) is 0 Å². The maximum absolute atomic E-state index is 12.4. The zero-order chi connectivity index (χ0) is 13.1. The van der Waals surface area contributed by atoms with Crippen molar-refractivity contribution >= 4 is 17.6 Å². The van der Waals surface area contributed by atoms with Crippen LogP contribution in [0.25, 0.3) is 0 Å². The number of halogens is 4. The lowest BCUT2D eigenvalue weighted by atomic mass is 10.2. The first kappa shape index (κ1) is 13.6. The number of nitrogens with zero attached hydrogens (tertiary/aromatic N) is 1. The Morgan fingerprint density at radius 2 is 2.12 bits per heavy atom. The van der Waals surface area contributed by atoms with Crippen LogP contribution in [0.3, 0.4) is 0 Å². The average Bonchev–Trinajstić information content (AvgIpc) is 2.24. The van der Waals surface area contributed by atoms with Crippen LogP contribution in [0.2, 0.25) is 5.15 Å². The van der Waals surface area contributed by atoms with Gasteiger partial charge in [0.2, 0.25) is 5.88 Å². The van der Waals surface area contributed by atoms with Gasteiger partial charge in [-0.05, 0) is 6.07 Å². The highest BCUT2D eigenvalue weighted by molar-refractivity contribution is 6.29. The van der Waals surface area contributed by atoms with Crippen LogP contribution in [-0.4, -0.2) is 24.7 Å². The van der Waals surface area contributed by atoms with Gasteiger partial charge in [-0.25, -0.2) is 9.78 Å². The van der Waals surface area contributed by atoms with Crippen molar-refractivity contribution in [1.29, 1.82) is 0 Å². The van der Waals surface area contributed by atoms with E-state index in [0.29, 0.717) is 12.1 Å². The predicted molar refractivity (Wildman–Crippen MR) is 51.8 cm³/mol. The summed E-state index contributed by atoms with van der Waals surface area (Å²) in [6, 6.07) is 1.31. The van der Waals surface area contributed by atoms with E-state index >= 15 is 0 Å². The minimum absolute atomic E-state index is 0.375. The van der Waals surface area contributed by atoms with Gasteiger partial charge in [0.1, 0.15) is 5.15 Å². The maximum Gasteiger partial charge on any atom is 0.416 e. The van der Waals surface area contributed by atoms with E-state index in [9.17, 15) is 18.0 Å². The van der Waals surface area contributed by atoms with E-state index in [1.807, 2.05) is 0 Å². The molecule has 0 bridgehead atoms. The molecular formula is C9H7ClF3NO3. The van der Waals surface area contributed by atoms with Crippen LogP contribution in [0.5, 0.6) is 5.88 Å². The standard InChI is InChI=1S/C9H7ClF3NO3/c1-16-8(15)4-17-7-3-5(9(11,12)13)2-6(10)14-7/h2-3H,4H2,1H3. The highest BCUT2D eigenvalue weighted by Crippen LogP contribution is 2.32. The normalized spacial score (nSPS) is 11.1. The summed E-state index contributed by atoms with van der Waals surface area (Å²) >= 11 is 5.40. The number of rotatable bonds is 3. The minimum atomic E-state index is -4.56. The molecule has 0 saturated heterocycles. The molecule has 1 rings (SSSR count). The van der Waals surface area contributed by atoms with Crippen LogP contribution in [0.4, 0.5) is 13.2 Å². The number of hydrogen-bond donors (Lipinski definition) is 0. The summed E-state index contributed by atoms with van der Waals surface area (Å²) in [6.45, 7) is -0.541. The van der Waals surface area contributed by atoms with Crippen LogP contribution in [0.1, 0.15) is 5.56 Å². The summed E-state index contributed by atoms with van der Waals surface area (Å²) < 4.78 is 46.1. The van der Waals surface area contributed by atoms with Crippen molar-refractivity contribution in [2.45, 2.75) is 6.18 Å². The Balaban J connectivity index is 2.87. The van der Waals surface area contributed by atoms with Crippen molar-refractivity contribution in [2.24, 2.45) is 0 Å². The summed E-state index contributed by atoms with van der Waals surface area (Å²) in [5.41, 5.74) is -1.00. The molecule has 1 aromatic rings. The van der Waals surface area contributed by atoms with Crippen molar-refractivity contribution in [1.82, 2.24) is 4.98 Å². The number of aromatic nitrogens is 1. The fourth-order valence-electron chi connectivity index (χ4n) is 0.902. The smallest absolute Gasteiger partial charge is 0.416 e. The van der Waals surface area contributed by atoms with Crippen molar-refractivity contribution in [3.05, 3.63) is 22.8 Å². The van der Waals surface area contributed by atoms with Gasteiger partial charge in [-0.3, -0.25) is 0 Å². The predicted octanol–water partition coefficient (Wildman–Crippen LogP) is 2.31. The molecule has 0 aromatic carbocycles. The first-order chi connectivity index (χ1) is 7.82. The van der Waals surface area contributed by atoms with Gasteiger partial charge in [-0.15, -0.1) is 0 Å². The Kier molecular flexibility index (Phi) is 4.17. The lowest BCUT2D eigenvalue weighted by Gasteiger charge is -2.09. The van der Waals surface area contributed by atoms with Crippen molar-refractivity contribution in [3.8, 4) is 5.88 Å². The van der Waals surface area contributed by atoms with Crippen LogP contribution in [0.15, 0.2) is 12.1 Å². The van der Waals surface area contributed by atoms with E-state index in [2.05, 4.69) is 9.72 Å². The lowest BCUT2D eigenvalue weighted by molar-refractivity contribution is -0.143. The third-order valence-corrected chi connectivity index (χ3v) is 1.86. The largest absolute Gasteiger partial charge is 0.466 e. The first-order valence-electron chi connectivity index (χ1n) is 4.27. The van der Waals surface area contributed by atoms with Gasteiger partial charge in [0.15, 0.2) is 6.61 Å². The molecule has 0 saturated carbocycles. The quantitative estimate of drug-likeness (QED) is 0.624. The first-order valence-corrected chi connectivity index (χ1v) is 4.65. The summed E-state index contributed by atoms with van der Waals surface area (Å²) in [7, 11) is 1.12. The molecule has 0 fully saturated rings. The van der Waals surface area contributed by atoms with Gasteiger partial charge in [-0.2, -0.15) is 13.2 Å². The fourth-order valence-corrected chi connectivity index (χ4v) is 1.10. The van der Waals surface area contributed by atoms with Crippen LogP contribution >= 0.6 is 11.6 Å². The number of alkyl halides is 3. The van der Waals surface area contributed by atoms with E-state index in [0.717, 1.165) is 7.11 Å². The summed E-state index contributed by atoms with van der Waals surface area (Å²) in [6.07, 6.45) is -4.56. The molecule has 0 spiro atoms. The molecule has 1 heterocycles. The second kappa shape index (κ2) is 5.22. The maximum atomic E-state index is 12.4. The molecule has 17 heavy (non-hydrogen) atoms. The number of methoxy groups -OCH3 is 1. The lowest BCUT2D eigenvalue weighted by Crippen LogP contribution is -2.14. The summed E-state index contributed by atoms with van der Waals surface area (Å²) in [4.78, 5) is 14.2. The number of pyridine rings is 1. The number of carbonyl (C=O) groups is 1. The number of hydrogen-bond acceptors (Lipinski definition) is 4. The molecule has 0 radical (unpaired) electrons. The number of esters is 1. The Hall–Kier alpha value is -1.50. The molecule has 4 nitrogen and oxygen atoms in total. The molecule has 0 aliphatic rings. The van der Waals surface area contributed by atoms with E-state index in [4.69, 9.17) is 16.3 Å². The van der Waals surface area contributed by atoms with E-state index in [1.165, 1.54) is 0 Å². The Morgan fingerprint density at radius 1 is 1.47 bits per heavy atom. The summed E-state index contributed by atoms with van der Waals surface area (Å²) in [5.74, 6) is -1.13. The highest BCUT2D eigenvalue weighted by Gasteiger charge is 2.31. The minimum Gasteiger partial charge on any atom is -0.466 e. The number of carbonyl (C=O) groups excluding carboxylic acids is 1. The molecule has 1 aromatic heterocycles.